The molecule has 0 aliphatic heterocycles. The van der Waals surface area contributed by atoms with Gasteiger partial charge >= 0.3 is 65.1 Å². The van der Waals surface area contributed by atoms with E-state index in [0.717, 1.165) is 31.2 Å². The van der Waals surface area contributed by atoms with Crippen molar-refractivity contribution in [2.75, 3.05) is 0 Å². The maximum Gasteiger partial charge on any atom is 1.00 e. The molecule has 4 N–H and O–H groups in total. The molecule has 316 valence electrons. The van der Waals surface area contributed by atoms with E-state index in [2.05, 4.69) is 13.8 Å². The number of carbonyl (C=O) groups is 3. The molecular formula is C39H93NNa2O9S. The predicted molar refractivity (Wildman–Crippen MR) is 223 cm³/mol. The zero-order valence-electron chi connectivity index (χ0n) is 28.0. The van der Waals surface area contributed by atoms with Crippen LogP contribution in [0.25, 0.3) is 0 Å². The first-order chi connectivity index (χ1) is 18.3. The minimum atomic E-state index is -4.30. The predicted octanol–water partition coefficient (Wildman–Crippen LogP) is 4.67. The fourth-order valence-corrected chi connectivity index (χ4v) is 2.21. The van der Waals surface area contributed by atoms with Crippen molar-refractivity contribution in [1.82, 2.24) is 0 Å². The maximum absolute atomic E-state index is 10.6. The first kappa shape index (κ1) is 104. The van der Waals surface area contributed by atoms with Crippen molar-refractivity contribution >= 4 is 28.0 Å². The Labute approximate surface area is 372 Å². The summed E-state index contributed by atoms with van der Waals surface area (Å²) >= 11 is 0. The molecule has 0 spiro atoms. The molecular weight excluding hydrogens is 704 g/mol. The number of carboxylic acids is 2. The Bertz CT molecular complexity index is 869. The summed E-state index contributed by atoms with van der Waals surface area (Å²) in [4.78, 5) is 29.7. The summed E-state index contributed by atoms with van der Waals surface area (Å²) in [5, 5.41) is 26.4. The third-order valence-corrected chi connectivity index (χ3v) is 6.94. The number of hydrogen-bond acceptors (Lipinski definition) is 8. The van der Waals surface area contributed by atoms with E-state index in [-0.39, 0.29) is 168 Å². The van der Waals surface area contributed by atoms with Gasteiger partial charge in [-0.2, -0.15) is 0 Å². The van der Waals surface area contributed by atoms with Crippen molar-refractivity contribution in [2.45, 2.75) is 193 Å². The van der Waals surface area contributed by atoms with Crippen molar-refractivity contribution in [3.8, 4) is 0 Å². The monoisotopic (exact) mass is 798 g/mol. The van der Waals surface area contributed by atoms with Gasteiger partial charge in [0, 0.05) is 11.9 Å². The van der Waals surface area contributed by atoms with Crippen molar-refractivity contribution < 1.29 is 102 Å². The van der Waals surface area contributed by atoms with E-state index in [0.29, 0.717) is 12.3 Å². The van der Waals surface area contributed by atoms with Crippen LogP contribution in [-0.2, 0) is 24.5 Å². The van der Waals surface area contributed by atoms with Gasteiger partial charge in [0.05, 0.1) is 16.9 Å². The Balaban J connectivity index is -0.0000000219. The third kappa shape index (κ3) is 67.6. The van der Waals surface area contributed by atoms with Crippen LogP contribution in [0.15, 0.2) is 29.2 Å². The number of primary amides is 1. The second-order valence-corrected chi connectivity index (χ2v) is 11.0. The first-order valence-electron chi connectivity index (χ1n) is 13.7. The molecule has 1 aromatic carbocycles. The number of hydrogen-bond donors (Lipinski definition) is 3. The molecule has 5 unspecified atom stereocenters. The fraction of sp³-hybridized carbons (Fsp3) is 0.769. The number of carbonyl (C=O) groups excluding carboxylic acids is 2. The second-order valence-electron chi connectivity index (χ2n) is 9.58. The number of nitrogens with two attached hydrogens (primary N) is 1. The normalized spacial score (nSPS) is 10.6. The minimum absolute atomic E-state index is 0. The van der Waals surface area contributed by atoms with Crippen molar-refractivity contribution in [2.24, 2.45) is 23.5 Å². The van der Waals surface area contributed by atoms with E-state index in [1.165, 1.54) is 12.1 Å². The molecule has 0 aliphatic rings. The number of carboxylic acid groups (broad SMARTS) is 2. The molecule has 0 heterocycles. The van der Waals surface area contributed by atoms with Crippen LogP contribution in [0.1, 0.15) is 187 Å². The van der Waals surface area contributed by atoms with Crippen molar-refractivity contribution in [1.29, 1.82) is 0 Å². The van der Waals surface area contributed by atoms with Gasteiger partial charge in [-0.3, -0.25) is 9.59 Å². The molecule has 1 amide bonds. The Morgan fingerprint density at radius 2 is 0.923 bits per heavy atom. The van der Waals surface area contributed by atoms with Gasteiger partial charge in [-0.1, -0.05) is 149 Å². The van der Waals surface area contributed by atoms with Gasteiger partial charge in [0.15, 0.2) is 0 Å². The van der Waals surface area contributed by atoms with E-state index in [4.69, 9.17) is 15.9 Å². The van der Waals surface area contributed by atoms with Crippen LogP contribution in [0.5, 0.6) is 0 Å². The summed E-state index contributed by atoms with van der Waals surface area (Å²) in [7, 11) is -4.30. The average molecular weight is 798 g/mol. The Morgan fingerprint density at radius 1 is 0.635 bits per heavy atom. The molecule has 0 radical (unpaired) electrons. The van der Waals surface area contributed by atoms with Crippen LogP contribution >= 0.6 is 0 Å². The number of amides is 1. The Morgan fingerprint density at radius 3 is 1.02 bits per heavy atom. The van der Waals surface area contributed by atoms with Gasteiger partial charge in [-0.25, -0.2) is 8.42 Å². The van der Waals surface area contributed by atoms with Crippen LogP contribution in [0, 0.1) is 17.8 Å². The van der Waals surface area contributed by atoms with Crippen LogP contribution in [-0.4, -0.2) is 47.1 Å². The van der Waals surface area contributed by atoms with Gasteiger partial charge < -0.3 is 30.4 Å². The SMILES string of the molecule is C.C.C.C.C.C.C.C.C.C.CCC(C)C(=O)O.CCC(C)C(=O)[O-].CCC(C)C(N)=O.CCC(C)O.CCC(C)c1ccc(S(=O)(=O)[O-])cc1.[Na+].[Na+]. The smallest absolute Gasteiger partial charge is 0.744 e. The average Bonchev–Trinajstić information content (AvgIpc) is 2.91. The molecule has 13 heteroatoms. The molecule has 1 rings (SSSR count). The van der Waals surface area contributed by atoms with Crippen molar-refractivity contribution in [3.63, 3.8) is 0 Å². The van der Waals surface area contributed by atoms with Gasteiger partial charge in [-0.15, -0.1) is 0 Å². The van der Waals surface area contributed by atoms with Gasteiger partial charge in [0.1, 0.15) is 10.1 Å². The summed E-state index contributed by atoms with van der Waals surface area (Å²) in [6, 6.07) is 6.12. The zero-order chi connectivity index (χ0) is 32.6. The van der Waals surface area contributed by atoms with E-state index < -0.39 is 22.1 Å². The van der Waals surface area contributed by atoms with Crippen LogP contribution in [0.2, 0.25) is 0 Å². The molecule has 0 saturated heterocycles. The summed E-state index contributed by atoms with van der Waals surface area (Å²) in [5.41, 5.74) is 5.96. The quantitative estimate of drug-likeness (QED) is 0.223. The fourth-order valence-electron chi connectivity index (χ4n) is 1.74. The van der Waals surface area contributed by atoms with E-state index >= 15 is 0 Å². The zero-order valence-corrected chi connectivity index (χ0v) is 32.8. The molecule has 0 bridgehead atoms. The Kier molecular flexibility index (Phi) is 125. The summed E-state index contributed by atoms with van der Waals surface area (Å²) in [6.07, 6.45) is 3.95. The number of benzene rings is 1. The third-order valence-electron chi connectivity index (χ3n) is 6.09. The topological polar surface area (TPSA) is 198 Å². The summed E-state index contributed by atoms with van der Waals surface area (Å²) in [6.45, 7) is 18.6. The minimum Gasteiger partial charge on any atom is -0.744 e. The number of aliphatic hydroxyl groups is 1. The van der Waals surface area contributed by atoms with Crippen LogP contribution in [0.4, 0.5) is 0 Å². The maximum atomic E-state index is 10.6. The second kappa shape index (κ2) is 62.5. The molecule has 1 aromatic rings. The molecule has 0 aliphatic carbocycles. The Hall–Kier alpha value is -0.500. The molecule has 0 fully saturated rings. The van der Waals surface area contributed by atoms with E-state index in [1.807, 2.05) is 34.6 Å². The molecule has 52 heavy (non-hydrogen) atoms. The summed E-state index contributed by atoms with van der Waals surface area (Å²) in [5.74, 6) is -1.91. The first-order valence-corrected chi connectivity index (χ1v) is 15.1. The molecule has 5 atom stereocenters. The van der Waals surface area contributed by atoms with Gasteiger partial charge in [0.25, 0.3) is 0 Å². The molecule has 0 aromatic heterocycles. The largest absolute Gasteiger partial charge is 1.00 e. The van der Waals surface area contributed by atoms with Gasteiger partial charge in [0.2, 0.25) is 5.91 Å². The van der Waals surface area contributed by atoms with Crippen LogP contribution < -0.4 is 70.0 Å². The number of rotatable bonds is 10. The molecule has 0 saturated carbocycles. The van der Waals surface area contributed by atoms with E-state index in [9.17, 15) is 32.5 Å². The standard InChI is InChI=1S/C10H14O3S.C5H11NO.2C5H10O2.C4H10O.10CH4.2Na/c1-3-8(2)9-4-6-10(7-5-9)14(11,12)13;3*1-3-4(2)5(6)7;1-3-4(2)5;;;;;;;;;;;;/h4-8H,3H2,1-2H3,(H,11,12,13);4H,3H2,1-2H3,(H2,6,7);2*4H,3H2,1-2H3,(H,6,7);4-5H,3H2,1-2H3;10*1H4;;/q;;;;;;;;;;;;;;;2*+1/p-2. The number of aliphatic carboxylic acids is 2. The number of aliphatic hydroxyl groups excluding tert-OH is 1. The molecule has 10 nitrogen and oxygen atoms in total. The van der Waals surface area contributed by atoms with Gasteiger partial charge in [-0.05, 0) is 68.6 Å². The van der Waals surface area contributed by atoms with Crippen molar-refractivity contribution in [3.05, 3.63) is 29.8 Å². The van der Waals surface area contributed by atoms with Crippen LogP contribution in [0.3, 0.4) is 0 Å². The van der Waals surface area contributed by atoms with E-state index in [1.54, 1.807) is 32.9 Å². The summed E-state index contributed by atoms with van der Waals surface area (Å²) < 4.78 is 31.9.